The molecule has 2 aromatic rings. The van der Waals surface area contributed by atoms with Crippen LogP contribution in [0.1, 0.15) is 29.6 Å². The Labute approximate surface area is 106 Å². The molecule has 0 spiro atoms. The van der Waals surface area contributed by atoms with Gasteiger partial charge in [0, 0.05) is 29.9 Å². The summed E-state index contributed by atoms with van der Waals surface area (Å²) in [6.45, 7) is 0.965. The highest BCUT2D eigenvalue weighted by Gasteiger charge is 2.40. The first-order valence-corrected chi connectivity index (χ1v) is 6.69. The molecule has 2 unspecified atom stereocenters. The Kier molecular flexibility index (Phi) is 2.04. The van der Waals surface area contributed by atoms with E-state index in [0.29, 0.717) is 6.04 Å². The van der Waals surface area contributed by atoms with Crippen LogP contribution in [0, 0.1) is 5.92 Å². The van der Waals surface area contributed by atoms with Gasteiger partial charge in [-0.3, -0.25) is 4.79 Å². The van der Waals surface area contributed by atoms with E-state index in [9.17, 15) is 4.79 Å². The first kappa shape index (κ1) is 10.2. The first-order valence-electron chi connectivity index (χ1n) is 6.69. The number of nitrogens with one attached hydrogen (secondary N) is 1. The Hall–Kier alpha value is -1.77. The number of likely N-dealkylation sites (tertiary alicyclic amines) is 1. The summed E-state index contributed by atoms with van der Waals surface area (Å²) in [4.78, 5) is 17.8. The van der Waals surface area contributed by atoms with Gasteiger partial charge >= 0.3 is 0 Å². The third-order valence-electron chi connectivity index (χ3n) is 4.47. The molecule has 18 heavy (non-hydrogen) atoms. The fraction of sp³-hybridized carbons (Fsp3) is 0.400. The molecule has 2 fully saturated rings. The summed E-state index contributed by atoms with van der Waals surface area (Å²) in [6.07, 6.45) is 5.64. The third kappa shape index (κ3) is 1.40. The Morgan fingerprint density at radius 2 is 2.22 bits per heavy atom. The van der Waals surface area contributed by atoms with Crippen molar-refractivity contribution >= 4 is 16.8 Å². The van der Waals surface area contributed by atoms with Crippen LogP contribution >= 0.6 is 0 Å². The van der Waals surface area contributed by atoms with Crippen LogP contribution in [0.5, 0.6) is 0 Å². The summed E-state index contributed by atoms with van der Waals surface area (Å²) in [5.74, 6) is 0.965. The van der Waals surface area contributed by atoms with Crippen molar-refractivity contribution in [1.29, 1.82) is 0 Å². The van der Waals surface area contributed by atoms with E-state index in [-0.39, 0.29) is 5.91 Å². The molecule has 1 saturated carbocycles. The minimum Gasteiger partial charge on any atom is -0.361 e. The maximum absolute atomic E-state index is 12.5. The molecule has 3 nitrogen and oxygen atoms in total. The van der Waals surface area contributed by atoms with E-state index in [4.69, 9.17) is 0 Å². The van der Waals surface area contributed by atoms with Gasteiger partial charge in [0.25, 0.3) is 5.91 Å². The molecule has 4 rings (SSSR count). The Morgan fingerprint density at radius 1 is 1.28 bits per heavy atom. The summed E-state index contributed by atoms with van der Waals surface area (Å²) < 4.78 is 0. The molecule has 2 bridgehead atoms. The fourth-order valence-electron chi connectivity index (χ4n) is 3.52. The molecule has 2 atom stereocenters. The molecule has 3 heteroatoms. The van der Waals surface area contributed by atoms with Crippen LogP contribution in [0.25, 0.3) is 10.9 Å². The predicted octanol–water partition coefficient (Wildman–Crippen LogP) is 2.79. The van der Waals surface area contributed by atoms with Crippen molar-refractivity contribution in [3.05, 3.63) is 36.0 Å². The molecule has 2 aliphatic rings. The maximum Gasteiger partial charge on any atom is 0.254 e. The van der Waals surface area contributed by atoms with Gasteiger partial charge in [-0.05, 0) is 48.8 Å². The lowest BCUT2D eigenvalue weighted by Crippen LogP contribution is -2.37. The van der Waals surface area contributed by atoms with Crippen LogP contribution in [-0.2, 0) is 0 Å². The van der Waals surface area contributed by atoms with E-state index < -0.39 is 0 Å². The zero-order valence-electron chi connectivity index (χ0n) is 10.2. The summed E-state index contributed by atoms with van der Waals surface area (Å²) in [5.41, 5.74) is 1.86. The standard InChI is InChI=1S/C15H16N2O/c18-15(17-9-10-1-4-13(17)7-10)12-3-2-11-5-6-16-14(11)8-12/h2-3,5-6,8,10,13,16H,1,4,7,9H2. The summed E-state index contributed by atoms with van der Waals surface area (Å²) in [7, 11) is 0. The van der Waals surface area contributed by atoms with Crippen molar-refractivity contribution in [3.8, 4) is 0 Å². The smallest absolute Gasteiger partial charge is 0.254 e. The zero-order valence-corrected chi connectivity index (χ0v) is 10.2. The second kappa shape index (κ2) is 3.61. The number of benzene rings is 1. The molecule has 92 valence electrons. The van der Waals surface area contributed by atoms with Gasteiger partial charge in [0.1, 0.15) is 0 Å². The second-order valence-electron chi connectivity index (χ2n) is 5.57. The van der Waals surface area contributed by atoms with E-state index in [1.54, 1.807) is 0 Å². The van der Waals surface area contributed by atoms with E-state index in [1.165, 1.54) is 19.3 Å². The van der Waals surface area contributed by atoms with Crippen molar-refractivity contribution in [2.24, 2.45) is 5.92 Å². The first-order chi connectivity index (χ1) is 8.81. The lowest BCUT2D eigenvalue weighted by Gasteiger charge is -2.27. The van der Waals surface area contributed by atoms with Gasteiger partial charge < -0.3 is 9.88 Å². The number of nitrogens with zero attached hydrogens (tertiary/aromatic N) is 1. The fourth-order valence-corrected chi connectivity index (χ4v) is 3.52. The number of carbonyl (C=O) groups excluding carboxylic acids is 1. The number of fused-ring (bicyclic) bond motifs is 3. The van der Waals surface area contributed by atoms with Crippen LogP contribution in [0.3, 0.4) is 0 Å². The van der Waals surface area contributed by atoms with Gasteiger partial charge in [-0.15, -0.1) is 0 Å². The normalized spacial score (nSPS) is 26.1. The second-order valence-corrected chi connectivity index (χ2v) is 5.57. The van der Waals surface area contributed by atoms with Gasteiger partial charge in [0.05, 0.1) is 0 Å². The van der Waals surface area contributed by atoms with Gasteiger partial charge in [-0.1, -0.05) is 6.07 Å². The van der Waals surface area contributed by atoms with Crippen LogP contribution in [-0.4, -0.2) is 28.4 Å². The minimum absolute atomic E-state index is 0.207. The van der Waals surface area contributed by atoms with E-state index in [1.807, 2.05) is 30.5 Å². The largest absolute Gasteiger partial charge is 0.361 e. The van der Waals surface area contributed by atoms with Crippen molar-refractivity contribution in [2.45, 2.75) is 25.3 Å². The molecule has 1 aromatic carbocycles. The maximum atomic E-state index is 12.5. The highest BCUT2D eigenvalue weighted by Crippen LogP contribution is 2.38. The van der Waals surface area contributed by atoms with Crippen molar-refractivity contribution < 1.29 is 4.79 Å². The predicted molar refractivity (Wildman–Crippen MR) is 70.5 cm³/mol. The van der Waals surface area contributed by atoms with Gasteiger partial charge in [0.2, 0.25) is 0 Å². The number of aromatic amines is 1. The van der Waals surface area contributed by atoms with Crippen LogP contribution in [0.4, 0.5) is 0 Å². The van der Waals surface area contributed by atoms with Gasteiger partial charge in [-0.2, -0.15) is 0 Å². The molecular formula is C15H16N2O. The molecule has 1 aliphatic heterocycles. The van der Waals surface area contributed by atoms with Crippen LogP contribution < -0.4 is 0 Å². The Morgan fingerprint density at radius 3 is 3.00 bits per heavy atom. The Bertz CT molecular complexity index is 616. The van der Waals surface area contributed by atoms with Crippen LogP contribution in [0.2, 0.25) is 0 Å². The van der Waals surface area contributed by atoms with Crippen molar-refractivity contribution in [2.75, 3.05) is 6.54 Å². The van der Waals surface area contributed by atoms with Crippen molar-refractivity contribution in [3.63, 3.8) is 0 Å². The number of piperidine rings is 1. The minimum atomic E-state index is 0.207. The lowest BCUT2D eigenvalue weighted by molar-refractivity contribution is 0.0704. The van der Waals surface area contributed by atoms with Gasteiger partial charge in [0.15, 0.2) is 0 Å². The quantitative estimate of drug-likeness (QED) is 0.817. The van der Waals surface area contributed by atoms with Crippen LogP contribution in [0.15, 0.2) is 30.5 Å². The van der Waals surface area contributed by atoms with Gasteiger partial charge in [-0.25, -0.2) is 0 Å². The number of rotatable bonds is 1. The summed E-state index contributed by atoms with van der Waals surface area (Å²) >= 11 is 0. The number of amides is 1. The molecular weight excluding hydrogens is 224 g/mol. The zero-order chi connectivity index (χ0) is 12.1. The average Bonchev–Trinajstić information content (AvgIpc) is 3.12. The molecule has 1 aromatic heterocycles. The third-order valence-corrected chi connectivity index (χ3v) is 4.47. The molecule has 1 aliphatic carbocycles. The summed E-state index contributed by atoms with van der Waals surface area (Å²) in [5, 5.41) is 1.16. The average molecular weight is 240 g/mol. The Balaban J connectivity index is 1.67. The molecule has 0 radical (unpaired) electrons. The number of H-pyrrole nitrogens is 1. The van der Waals surface area contributed by atoms with E-state index >= 15 is 0 Å². The molecule has 1 N–H and O–H groups in total. The number of hydrogen-bond acceptors (Lipinski definition) is 1. The summed E-state index contributed by atoms with van der Waals surface area (Å²) in [6, 6.07) is 8.48. The highest BCUT2D eigenvalue weighted by atomic mass is 16.2. The van der Waals surface area contributed by atoms with Crippen molar-refractivity contribution in [1.82, 2.24) is 9.88 Å². The number of hydrogen-bond donors (Lipinski definition) is 1. The monoisotopic (exact) mass is 240 g/mol. The van der Waals surface area contributed by atoms with E-state index in [0.717, 1.165) is 28.9 Å². The molecule has 2 heterocycles. The number of carbonyl (C=O) groups is 1. The number of aromatic nitrogens is 1. The lowest BCUT2D eigenvalue weighted by atomic mass is 10.1. The SMILES string of the molecule is O=C(c1ccc2cc[nH]c2c1)N1CC2CCC1C2. The highest BCUT2D eigenvalue weighted by molar-refractivity contribution is 5.98. The molecule has 1 saturated heterocycles. The topological polar surface area (TPSA) is 36.1 Å². The van der Waals surface area contributed by atoms with E-state index in [2.05, 4.69) is 9.88 Å². The molecule has 1 amide bonds.